The van der Waals surface area contributed by atoms with Crippen molar-refractivity contribution in [1.29, 1.82) is 0 Å². The van der Waals surface area contributed by atoms with E-state index in [1.807, 2.05) is 12.1 Å². The molecule has 3 rings (SSSR count). The van der Waals surface area contributed by atoms with Gasteiger partial charge in [-0.15, -0.1) is 0 Å². The summed E-state index contributed by atoms with van der Waals surface area (Å²) in [5.74, 6) is -6.14. The zero-order valence-corrected chi connectivity index (χ0v) is 15.5. The summed E-state index contributed by atoms with van der Waals surface area (Å²) in [7, 11) is 1.39. The standard InChI is InChI=1S/C21H16F3NO4/c1-11(20(26)25-16-8-7-15(22)18(23)19(16)24)29-21(27)14-9-12-5-3-4-6-13(12)10-17(14)28-2/h3-11H,1-2H3,(H,25,26). The topological polar surface area (TPSA) is 64.6 Å². The molecule has 0 saturated carbocycles. The second-order valence-corrected chi connectivity index (χ2v) is 6.16. The summed E-state index contributed by atoms with van der Waals surface area (Å²) >= 11 is 0. The van der Waals surface area contributed by atoms with Gasteiger partial charge in [-0.05, 0) is 42.0 Å². The molecule has 1 amide bonds. The summed E-state index contributed by atoms with van der Waals surface area (Å²) in [5.41, 5.74) is -0.468. The zero-order chi connectivity index (χ0) is 21.1. The number of carbonyl (C=O) groups excluding carboxylic acids is 2. The highest BCUT2D eigenvalue weighted by molar-refractivity contribution is 6.01. The van der Waals surface area contributed by atoms with Crippen molar-refractivity contribution < 1.29 is 32.2 Å². The molecule has 29 heavy (non-hydrogen) atoms. The fourth-order valence-corrected chi connectivity index (χ4v) is 2.68. The monoisotopic (exact) mass is 403 g/mol. The van der Waals surface area contributed by atoms with Gasteiger partial charge in [-0.2, -0.15) is 0 Å². The Morgan fingerprint density at radius 3 is 2.28 bits per heavy atom. The van der Waals surface area contributed by atoms with Crippen LogP contribution in [0.25, 0.3) is 10.8 Å². The van der Waals surface area contributed by atoms with E-state index in [4.69, 9.17) is 9.47 Å². The van der Waals surface area contributed by atoms with Crippen LogP contribution in [-0.4, -0.2) is 25.1 Å². The number of amides is 1. The maximum atomic E-state index is 13.7. The van der Waals surface area contributed by atoms with Gasteiger partial charge in [0.25, 0.3) is 5.91 Å². The average Bonchev–Trinajstić information content (AvgIpc) is 2.72. The molecule has 0 radical (unpaired) electrons. The van der Waals surface area contributed by atoms with Crippen LogP contribution in [0.2, 0.25) is 0 Å². The molecule has 0 bridgehead atoms. The van der Waals surface area contributed by atoms with Gasteiger partial charge >= 0.3 is 5.97 Å². The summed E-state index contributed by atoms with van der Waals surface area (Å²) in [5, 5.41) is 3.68. The van der Waals surface area contributed by atoms with Gasteiger partial charge in [-0.1, -0.05) is 24.3 Å². The molecule has 0 aromatic heterocycles. The Balaban J connectivity index is 1.77. The summed E-state index contributed by atoms with van der Waals surface area (Å²) in [4.78, 5) is 24.7. The highest BCUT2D eigenvalue weighted by Gasteiger charge is 2.24. The van der Waals surface area contributed by atoms with Crippen LogP contribution in [0.1, 0.15) is 17.3 Å². The van der Waals surface area contributed by atoms with Crippen molar-refractivity contribution in [3.8, 4) is 5.75 Å². The third-order valence-corrected chi connectivity index (χ3v) is 4.23. The Morgan fingerprint density at radius 2 is 1.62 bits per heavy atom. The van der Waals surface area contributed by atoms with E-state index in [-0.39, 0.29) is 11.3 Å². The van der Waals surface area contributed by atoms with E-state index in [9.17, 15) is 22.8 Å². The van der Waals surface area contributed by atoms with Gasteiger partial charge in [0, 0.05) is 0 Å². The number of ether oxygens (including phenoxy) is 2. The average molecular weight is 403 g/mol. The number of nitrogens with one attached hydrogen (secondary N) is 1. The van der Waals surface area contributed by atoms with Crippen LogP contribution in [0.5, 0.6) is 5.75 Å². The molecule has 3 aromatic rings. The molecular formula is C21H16F3NO4. The van der Waals surface area contributed by atoms with Gasteiger partial charge in [0.2, 0.25) is 0 Å². The highest BCUT2D eigenvalue weighted by Crippen LogP contribution is 2.27. The summed E-state index contributed by atoms with van der Waals surface area (Å²) in [6.45, 7) is 1.26. The fourth-order valence-electron chi connectivity index (χ4n) is 2.68. The first kappa shape index (κ1) is 20.2. The molecule has 0 spiro atoms. The molecule has 1 N–H and O–H groups in total. The van der Waals surface area contributed by atoms with Crippen LogP contribution < -0.4 is 10.1 Å². The van der Waals surface area contributed by atoms with Crippen LogP contribution in [0.3, 0.4) is 0 Å². The zero-order valence-electron chi connectivity index (χ0n) is 15.5. The number of carbonyl (C=O) groups is 2. The molecule has 8 heteroatoms. The number of benzene rings is 3. The molecule has 0 fully saturated rings. The number of hydrogen-bond acceptors (Lipinski definition) is 4. The maximum absolute atomic E-state index is 13.7. The first-order valence-corrected chi connectivity index (χ1v) is 8.54. The molecule has 0 saturated heterocycles. The lowest BCUT2D eigenvalue weighted by molar-refractivity contribution is -0.123. The third-order valence-electron chi connectivity index (χ3n) is 4.23. The first-order valence-electron chi connectivity index (χ1n) is 8.54. The van der Waals surface area contributed by atoms with Gasteiger partial charge in [-0.25, -0.2) is 18.0 Å². The van der Waals surface area contributed by atoms with Crippen LogP contribution in [0, 0.1) is 17.5 Å². The van der Waals surface area contributed by atoms with E-state index < -0.39 is 41.1 Å². The molecule has 1 atom stereocenters. The Hall–Kier alpha value is -3.55. The number of anilines is 1. The normalized spacial score (nSPS) is 11.8. The number of fused-ring (bicyclic) bond motifs is 1. The Bertz CT molecular complexity index is 1100. The van der Waals surface area contributed by atoms with Crippen molar-refractivity contribution in [1.82, 2.24) is 0 Å². The van der Waals surface area contributed by atoms with Crippen LogP contribution in [0.4, 0.5) is 18.9 Å². The van der Waals surface area contributed by atoms with Crippen molar-refractivity contribution in [2.75, 3.05) is 12.4 Å². The maximum Gasteiger partial charge on any atom is 0.342 e. The number of rotatable bonds is 5. The molecule has 150 valence electrons. The molecule has 0 aliphatic rings. The van der Waals surface area contributed by atoms with E-state index in [2.05, 4.69) is 5.32 Å². The van der Waals surface area contributed by atoms with Gasteiger partial charge in [0.05, 0.1) is 12.8 Å². The fraction of sp³-hybridized carbons (Fsp3) is 0.143. The largest absolute Gasteiger partial charge is 0.496 e. The SMILES string of the molecule is COc1cc2ccccc2cc1C(=O)OC(C)C(=O)Nc1ccc(F)c(F)c1F. The third kappa shape index (κ3) is 4.16. The van der Waals surface area contributed by atoms with Gasteiger partial charge in [0.15, 0.2) is 23.6 Å². The van der Waals surface area contributed by atoms with Crippen molar-refractivity contribution in [2.45, 2.75) is 13.0 Å². The number of methoxy groups -OCH3 is 1. The van der Waals surface area contributed by atoms with E-state index in [0.717, 1.165) is 16.8 Å². The van der Waals surface area contributed by atoms with Crippen LogP contribution in [-0.2, 0) is 9.53 Å². The lowest BCUT2D eigenvalue weighted by Crippen LogP contribution is -2.30. The van der Waals surface area contributed by atoms with Gasteiger partial charge in [-0.3, -0.25) is 4.79 Å². The predicted octanol–water partition coefficient (Wildman–Crippen LogP) is 4.45. The Morgan fingerprint density at radius 1 is 0.966 bits per heavy atom. The molecule has 0 aliphatic heterocycles. The van der Waals surface area contributed by atoms with Gasteiger partial charge < -0.3 is 14.8 Å². The van der Waals surface area contributed by atoms with E-state index in [1.54, 1.807) is 24.3 Å². The lowest BCUT2D eigenvalue weighted by atomic mass is 10.1. The van der Waals surface area contributed by atoms with Crippen molar-refractivity contribution in [2.24, 2.45) is 0 Å². The van der Waals surface area contributed by atoms with Gasteiger partial charge in [0.1, 0.15) is 11.3 Å². The molecule has 0 aliphatic carbocycles. The number of halogens is 3. The Labute approximate surface area is 164 Å². The number of esters is 1. The smallest absolute Gasteiger partial charge is 0.342 e. The van der Waals surface area contributed by atoms with Crippen molar-refractivity contribution >= 4 is 28.3 Å². The minimum atomic E-state index is -1.71. The quantitative estimate of drug-likeness (QED) is 0.505. The number of hydrogen-bond donors (Lipinski definition) is 1. The van der Waals surface area contributed by atoms with Crippen LogP contribution in [0.15, 0.2) is 48.5 Å². The Kier molecular flexibility index (Phi) is 5.72. The van der Waals surface area contributed by atoms with Crippen molar-refractivity contribution in [3.63, 3.8) is 0 Å². The molecule has 3 aromatic carbocycles. The van der Waals surface area contributed by atoms with E-state index in [1.165, 1.54) is 14.0 Å². The van der Waals surface area contributed by atoms with Crippen LogP contribution >= 0.6 is 0 Å². The molecule has 1 unspecified atom stereocenters. The van der Waals surface area contributed by atoms with E-state index >= 15 is 0 Å². The molecule has 5 nitrogen and oxygen atoms in total. The second kappa shape index (κ2) is 8.22. The predicted molar refractivity (Wildman–Crippen MR) is 100 cm³/mol. The first-order chi connectivity index (χ1) is 13.8. The molecule has 0 heterocycles. The summed E-state index contributed by atoms with van der Waals surface area (Å²) < 4.78 is 50.3. The van der Waals surface area contributed by atoms with Crippen molar-refractivity contribution in [3.05, 3.63) is 71.5 Å². The summed E-state index contributed by atoms with van der Waals surface area (Å²) in [6.07, 6.45) is -1.34. The highest BCUT2D eigenvalue weighted by atomic mass is 19.2. The second-order valence-electron chi connectivity index (χ2n) is 6.16. The minimum Gasteiger partial charge on any atom is -0.496 e. The lowest BCUT2D eigenvalue weighted by Gasteiger charge is -2.16. The molecular weight excluding hydrogens is 387 g/mol. The van der Waals surface area contributed by atoms with E-state index in [0.29, 0.717) is 6.07 Å². The summed E-state index contributed by atoms with van der Waals surface area (Å²) in [6, 6.07) is 12.0. The minimum absolute atomic E-state index is 0.102.